The van der Waals surface area contributed by atoms with Crippen molar-refractivity contribution < 1.29 is 9.18 Å². The van der Waals surface area contributed by atoms with Gasteiger partial charge in [0.1, 0.15) is 5.82 Å². The van der Waals surface area contributed by atoms with Gasteiger partial charge >= 0.3 is 6.03 Å². The minimum Gasteiger partial charge on any atom is -0.338 e. The zero-order valence-corrected chi connectivity index (χ0v) is 14.2. The summed E-state index contributed by atoms with van der Waals surface area (Å²) in [6.07, 6.45) is 0. The summed E-state index contributed by atoms with van der Waals surface area (Å²) in [5.74, 6) is 0.0905. The van der Waals surface area contributed by atoms with Gasteiger partial charge in [-0.15, -0.1) is 0 Å². The van der Waals surface area contributed by atoms with Crippen LogP contribution in [-0.2, 0) is 0 Å². The van der Waals surface area contributed by atoms with Gasteiger partial charge in [-0.05, 0) is 43.7 Å². The molecule has 1 fully saturated rings. The van der Waals surface area contributed by atoms with Gasteiger partial charge in [-0.3, -0.25) is 0 Å². The molecule has 1 atom stereocenters. The predicted octanol–water partition coefficient (Wildman–Crippen LogP) is 2.14. The number of benzene rings is 1. The molecule has 6 heteroatoms. The molecular weight excluding hydrogens is 295 g/mol. The van der Waals surface area contributed by atoms with Crippen molar-refractivity contribution in [3.05, 3.63) is 29.6 Å². The Bertz CT molecular complexity index is 529. The average molecular weight is 322 g/mol. The molecule has 1 saturated heterocycles. The standard InChI is InChI=1S/C17H27FN4O/c1-13(12-22-8-6-21(3)7-9-22)11-19-17(23)20-16-5-4-15(18)10-14(16)2/h4-5,10,13H,6-9,11-12H2,1-3H3,(H2,19,20,23)/t13-/m0/s1. The topological polar surface area (TPSA) is 47.6 Å². The lowest BCUT2D eigenvalue weighted by Gasteiger charge is -2.33. The molecule has 0 radical (unpaired) electrons. The number of nitrogens with zero attached hydrogens (tertiary/aromatic N) is 2. The lowest BCUT2D eigenvalue weighted by molar-refractivity contribution is 0.138. The smallest absolute Gasteiger partial charge is 0.319 e. The number of halogens is 1. The van der Waals surface area contributed by atoms with Crippen molar-refractivity contribution in [1.29, 1.82) is 0 Å². The van der Waals surface area contributed by atoms with Crippen molar-refractivity contribution in [2.24, 2.45) is 5.92 Å². The molecule has 23 heavy (non-hydrogen) atoms. The SMILES string of the molecule is Cc1cc(F)ccc1NC(=O)NC[C@H](C)CN1CCN(C)CC1. The van der Waals surface area contributed by atoms with E-state index in [1.165, 1.54) is 12.1 Å². The second kappa shape index (κ2) is 8.26. The van der Waals surface area contributed by atoms with Crippen molar-refractivity contribution >= 4 is 11.7 Å². The molecule has 1 aliphatic rings. The Morgan fingerprint density at radius 1 is 1.30 bits per heavy atom. The molecular formula is C17H27FN4O. The van der Waals surface area contributed by atoms with E-state index in [0.717, 1.165) is 32.7 Å². The molecule has 1 aliphatic heterocycles. The number of amides is 2. The number of carbonyl (C=O) groups is 1. The minimum atomic E-state index is -0.297. The summed E-state index contributed by atoms with van der Waals surface area (Å²) >= 11 is 0. The fourth-order valence-electron chi connectivity index (χ4n) is 2.74. The van der Waals surface area contributed by atoms with Gasteiger partial charge in [0.15, 0.2) is 0 Å². The summed E-state index contributed by atoms with van der Waals surface area (Å²) in [6, 6.07) is 4.09. The van der Waals surface area contributed by atoms with E-state index in [1.807, 2.05) is 0 Å². The summed E-state index contributed by atoms with van der Waals surface area (Å²) in [7, 11) is 2.14. The molecule has 0 saturated carbocycles. The molecule has 2 N–H and O–H groups in total. The fraction of sp³-hybridized carbons (Fsp3) is 0.588. The van der Waals surface area contributed by atoms with Crippen LogP contribution < -0.4 is 10.6 Å². The lowest BCUT2D eigenvalue weighted by Crippen LogP contribution is -2.47. The maximum absolute atomic E-state index is 13.0. The van der Waals surface area contributed by atoms with E-state index in [0.29, 0.717) is 23.7 Å². The summed E-state index contributed by atoms with van der Waals surface area (Å²) in [5, 5.41) is 5.66. The lowest BCUT2D eigenvalue weighted by atomic mass is 10.1. The number of carbonyl (C=O) groups excluding carboxylic acids is 1. The van der Waals surface area contributed by atoms with Crippen molar-refractivity contribution in [3.8, 4) is 0 Å². The van der Waals surface area contributed by atoms with Crippen LogP contribution in [0, 0.1) is 18.7 Å². The van der Waals surface area contributed by atoms with Gasteiger partial charge in [0.2, 0.25) is 0 Å². The summed E-state index contributed by atoms with van der Waals surface area (Å²) < 4.78 is 13.0. The number of nitrogens with one attached hydrogen (secondary N) is 2. The zero-order valence-electron chi connectivity index (χ0n) is 14.2. The van der Waals surface area contributed by atoms with Crippen LogP contribution in [0.25, 0.3) is 0 Å². The predicted molar refractivity (Wildman–Crippen MR) is 91.3 cm³/mol. The van der Waals surface area contributed by atoms with E-state index in [-0.39, 0.29) is 11.8 Å². The number of likely N-dealkylation sites (N-methyl/N-ethyl adjacent to an activating group) is 1. The molecule has 0 bridgehead atoms. The maximum atomic E-state index is 13.0. The number of piperazine rings is 1. The molecule has 1 aromatic rings. The number of hydrogen-bond donors (Lipinski definition) is 2. The fourth-order valence-corrected chi connectivity index (χ4v) is 2.74. The molecule has 0 spiro atoms. The first-order valence-electron chi connectivity index (χ1n) is 8.16. The van der Waals surface area contributed by atoms with Crippen molar-refractivity contribution in [1.82, 2.24) is 15.1 Å². The van der Waals surface area contributed by atoms with Gasteiger partial charge in [-0.2, -0.15) is 0 Å². The first-order chi connectivity index (χ1) is 10.9. The Balaban J connectivity index is 1.71. The third kappa shape index (κ3) is 5.80. The Kier molecular flexibility index (Phi) is 6.36. The second-order valence-electron chi connectivity index (χ2n) is 6.50. The highest BCUT2D eigenvalue weighted by Crippen LogP contribution is 2.15. The highest BCUT2D eigenvalue weighted by atomic mass is 19.1. The molecule has 2 rings (SSSR count). The average Bonchev–Trinajstić information content (AvgIpc) is 2.50. The molecule has 0 aliphatic carbocycles. The van der Waals surface area contributed by atoms with E-state index in [9.17, 15) is 9.18 Å². The Labute approximate surface area is 137 Å². The number of aryl methyl sites for hydroxylation is 1. The summed E-state index contributed by atoms with van der Waals surface area (Å²) in [6.45, 7) is 9.90. The van der Waals surface area contributed by atoms with E-state index in [2.05, 4.69) is 34.4 Å². The van der Waals surface area contributed by atoms with E-state index >= 15 is 0 Å². The van der Waals surface area contributed by atoms with Crippen LogP contribution in [0.5, 0.6) is 0 Å². The van der Waals surface area contributed by atoms with Crippen LogP contribution in [0.15, 0.2) is 18.2 Å². The van der Waals surface area contributed by atoms with Crippen LogP contribution in [0.4, 0.5) is 14.9 Å². The van der Waals surface area contributed by atoms with E-state index < -0.39 is 0 Å². The van der Waals surface area contributed by atoms with Crippen molar-refractivity contribution in [3.63, 3.8) is 0 Å². The third-order valence-corrected chi connectivity index (χ3v) is 4.21. The first kappa shape index (κ1) is 17.7. The number of rotatable bonds is 5. The van der Waals surface area contributed by atoms with E-state index in [1.54, 1.807) is 13.0 Å². The van der Waals surface area contributed by atoms with Crippen molar-refractivity contribution in [2.75, 3.05) is 51.6 Å². The number of urea groups is 1. The molecule has 128 valence electrons. The monoisotopic (exact) mass is 322 g/mol. The van der Waals surface area contributed by atoms with Crippen LogP contribution in [0.2, 0.25) is 0 Å². The van der Waals surface area contributed by atoms with Crippen LogP contribution in [-0.4, -0.2) is 62.1 Å². The maximum Gasteiger partial charge on any atom is 0.319 e. The van der Waals surface area contributed by atoms with Gasteiger partial charge in [0.05, 0.1) is 0 Å². The highest BCUT2D eigenvalue weighted by Gasteiger charge is 2.16. The third-order valence-electron chi connectivity index (χ3n) is 4.21. The van der Waals surface area contributed by atoms with Crippen molar-refractivity contribution in [2.45, 2.75) is 13.8 Å². The van der Waals surface area contributed by atoms with E-state index in [4.69, 9.17) is 0 Å². The molecule has 0 unspecified atom stereocenters. The van der Waals surface area contributed by atoms with Crippen LogP contribution in [0.3, 0.4) is 0 Å². The van der Waals surface area contributed by atoms with Crippen LogP contribution >= 0.6 is 0 Å². The Morgan fingerprint density at radius 2 is 2.00 bits per heavy atom. The second-order valence-corrected chi connectivity index (χ2v) is 6.50. The minimum absolute atomic E-state index is 0.245. The molecule has 2 amide bonds. The van der Waals surface area contributed by atoms with Gasteiger partial charge in [0, 0.05) is 45.0 Å². The quantitative estimate of drug-likeness (QED) is 0.873. The van der Waals surface area contributed by atoms with Gasteiger partial charge < -0.3 is 20.4 Å². The van der Waals surface area contributed by atoms with Gasteiger partial charge in [-0.1, -0.05) is 6.92 Å². The summed E-state index contributed by atoms with van der Waals surface area (Å²) in [5.41, 5.74) is 1.35. The Morgan fingerprint density at radius 3 is 2.65 bits per heavy atom. The summed E-state index contributed by atoms with van der Waals surface area (Å²) in [4.78, 5) is 16.7. The normalized spacial score (nSPS) is 17.7. The molecule has 0 aromatic heterocycles. The van der Waals surface area contributed by atoms with Gasteiger partial charge in [0.25, 0.3) is 0 Å². The largest absolute Gasteiger partial charge is 0.338 e. The molecule has 5 nitrogen and oxygen atoms in total. The first-order valence-corrected chi connectivity index (χ1v) is 8.16. The molecule has 1 aromatic carbocycles. The van der Waals surface area contributed by atoms with Crippen LogP contribution in [0.1, 0.15) is 12.5 Å². The van der Waals surface area contributed by atoms with Gasteiger partial charge in [-0.25, -0.2) is 9.18 Å². The number of anilines is 1. The molecule has 1 heterocycles. The number of hydrogen-bond acceptors (Lipinski definition) is 3. The highest BCUT2D eigenvalue weighted by molar-refractivity contribution is 5.89. The zero-order chi connectivity index (χ0) is 16.8. The Hall–Kier alpha value is -1.66.